The molecule has 0 bridgehead atoms. The minimum absolute atomic E-state index is 0.173. The Morgan fingerprint density at radius 3 is 1.84 bits per heavy atom. The molecule has 1 aliphatic heterocycles. The first kappa shape index (κ1) is 21.2. The fourth-order valence-electron chi connectivity index (χ4n) is 3.92. The van der Waals surface area contributed by atoms with E-state index in [4.69, 9.17) is 12.2 Å². The number of nitrogens with one attached hydrogen (secondary N) is 1. The summed E-state index contributed by atoms with van der Waals surface area (Å²) in [6, 6.07) is 26.6. The molecule has 0 aliphatic carbocycles. The zero-order valence-corrected chi connectivity index (χ0v) is 17.9. The van der Waals surface area contributed by atoms with Gasteiger partial charge in [-0.15, -0.1) is 0 Å². The first-order valence-corrected chi connectivity index (χ1v) is 10.7. The topological polar surface area (TPSA) is 35.6 Å². The van der Waals surface area contributed by atoms with Gasteiger partial charge < -0.3 is 4.90 Å². The molecule has 1 aliphatic rings. The molecule has 1 saturated heterocycles. The normalized spacial score (nSPS) is 14.5. The fraction of sp³-hybridized carbons (Fsp3) is 0.200. The number of amides is 1. The van der Waals surface area contributed by atoms with Gasteiger partial charge in [0.1, 0.15) is 5.82 Å². The van der Waals surface area contributed by atoms with E-state index >= 15 is 0 Å². The van der Waals surface area contributed by atoms with Crippen LogP contribution in [0.15, 0.2) is 84.9 Å². The third-order valence-electron chi connectivity index (χ3n) is 5.52. The first-order valence-electron chi connectivity index (χ1n) is 10.3. The van der Waals surface area contributed by atoms with Gasteiger partial charge in [-0.05, 0) is 47.6 Å². The fourth-order valence-corrected chi connectivity index (χ4v) is 4.19. The number of hydrogen-bond donors (Lipinski definition) is 1. The van der Waals surface area contributed by atoms with Crippen molar-refractivity contribution in [3.8, 4) is 0 Å². The molecule has 1 heterocycles. The van der Waals surface area contributed by atoms with Crippen LogP contribution in [0.3, 0.4) is 0 Å². The van der Waals surface area contributed by atoms with Crippen molar-refractivity contribution in [2.24, 2.45) is 0 Å². The number of benzene rings is 3. The molecule has 3 aromatic rings. The minimum atomic E-state index is -0.373. The van der Waals surface area contributed by atoms with E-state index in [1.165, 1.54) is 35.4 Å². The van der Waals surface area contributed by atoms with Gasteiger partial charge in [-0.25, -0.2) is 4.39 Å². The van der Waals surface area contributed by atoms with Crippen LogP contribution < -0.4 is 5.32 Å². The third kappa shape index (κ3) is 5.16. The number of piperazine rings is 1. The van der Waals surface area contributed by atoms with Crippen LogP contribution >= 0.6 is 12.2 Å². The maximum atomic E-state index is 13.1. The van der Waals surface area contributed by atoms with Gasteiger partial charge in [0.15, 0.2) is 5.11 Å². The quantitative estimate of drug-likeness (QED) is 0.624. The summed E-state index contributed by atoms with van der Waals surface area (Å²) in [5.41, 5.74) is 2.90. The molecule has 4 nitrogen and oxygen atoms in total. The molecule has 158 valence electrons. The average Bonchev–Trinajstić information content (AvgIpc) is 2.81. The lowest BCUT2D eigenvalue weighted by atomic mass is 9.96. The number of rotatable bonds is 4. The molecule has 31 heavy (non-hydrogen) atoms. The van der Waals surface area contributed by atoms with Gasteiger partial charge in [0.2, 0.25) is 0 Å². The van der Waals surface area contributed by atoms with Crippen molar-refractivity contribution in [3.05, 3.63) is 107 Å². The van der Waals surface area contributed by atoms with E-state index in [1.807, 2.05) is 17.0 Å². The molecule has 6 heteroatoms. The van der Waals surface area contributed by atoms with Gasteiger partial charge >= 0.3 is 0 Å². The van der Waals surface area contributed by atoms with Crippen molar-refractivity contribution in [3.63, 3.8) is 0 Å². The second-order valence-electron chi connectivity index (χ2n) is 7.51. The van der Waals surface area contributed by atoms with E-state index in [1.54, 1.807) is 0 Å². The highest BCUT2D eigenvalue weighted by atomic mass is 32.1. The lowest BCUT2D eigenvalue weighted by Gasteiger charge is -2.40. The minimum Gasteiger partial charge on any atom is -0.346 e. The van der Waals surface area contributed by atoms with Crippen LogP contribution in [0, 0.1) is 5.82 Å². The number of carbonyl (C=O) groups is 1. The number of carbonyl (C=O) groups excluding carboxylic acids is 1. The van der Waals surface area contributed by atoms with E-state index in [0.29, 0.717) is 10.7 Å². The van der Waals surface area contributed by atoms with Crippen LogP contribution in [-0.4, -0.2) is 47.0 Å². The largest absolute Gasteiger partial charge is 0.346 e. The Hall–Kier alpha value is -3.09. The standard InChI is InChI=1S/C25H24FN3OS/c26-22-13-11-21(12-14-22)24(30)27-25(31)29-17-15-28(16-18-29)23(19-7-3-1-4-8-19)20-9-5-2-6-10-20/h1-14,23H,15-18H2,(H,27,30,31). The Morgan fingerprint density at radius 1 is 0.806 bits per heavy atom. The molecule has 1 fully saturated rings. The first-order chi connectivity index (χ1) is 15.1. The van der Waals surface area contributed by atoms with E-state index in [0.717, 1.165) is 26.2 Å². The summed E-state index contributed by atoms with van der Waals surface area (Å²) in [5, 5.41) is 3.18. The second-order valence-corrected chi connectivity index (χ2v) is 7.90. The molecule has 0 spiro atoms. The van der Waals surface area contributed by atoms with E-state index in [2.05, 4.69) is 58.7 Å². The van der Waals surface area contributed by atoms with Gasteiger partial charge in [-0.2, -0.15) is 0 Å². The summed E-state index contributed by atoms with van der Waals surface area (Å²) >= 11 is 5.47. The zero-order chi connectivity index (χ0) is 21.6. The Morgan fingerprint density at radius 2 is 1.32 bits per heavy atom. The van der Waals surface area contributed by atoms with Crippen LogP contribution in [0.1, 0.15) is 27.5 Å². The third-order valence-corrected chi connectivity index (χ3v) is 5.88. The van der Waals surface area contributed by atoms with Gasteiger partial charge in [-0.1, -0.05) is 60.7 Å². The van der Waals surface area contributed by atoms with Crippen molar-refractivity contribution in [1.82, 2.24) is 15.1 Å². The molecule has 0 radical (unpaired) electrons. The summed E-state index contributed by atoms with van der Waals surface area (Å²) in [5.74, 6) is -0.694. The van der Waals surface area contributed by atoms with Gasteiger partial charge in [0, 0.05) is 31.7 Å². The number of hydrogen-bond acceptors (Lipinski definition) is 3. The predicted octanol–water partition coefficient (Wildman–Crippen LogP) is 4.25. The molecule has 3 aromatic carbocycles. The molecule has 0 aromatic heterocycles. The van der Waals surface area contributed by atoms with Crippen molar-refractivity contribution in [2.75, 3.05) is 26.2 Å². The van der Waals surface area contributed by atoms with E-state index in [-0.39, 0.29) is 17.8 Å². The van der Waals surface area contributed by atoms with E-state index < -0.39 is 0 Å². The summed E-state index contributed by atoms with van der Waals surface area (Å²) in [6.45, 7) is 3.08. The summed E-state index contributed by atoms with van der Waals surface area (Å²) in [7, 11) is 0. The van der Waals surface area contributed by atoms with Crippen LogP contribution in [0.2, 0.25) is 0 Å². The molecular formula is C25H24FN3OS. The van der Waals surface area contributed by atoms with Crippen LogP contribution in [-0.2, 0) is 0 Å². The highest BCUT2D eigenvalue weighted by molar-refractivity contribution is 7.80. The molecule has 0 unspecified atom stereocenters. The highest BCUT2D eigenvalue weighted by Crippen LogP contribution is 2.29. The predicted molar refractivity (Wildman–Crippen MR) is 124 cm³/mol. The number of thiocarbonyl (C=S) groups is 1. The Balaban J connectivity index is 1.41. The van der Waals surface area contributed by atoms with Crippen LogP contribution in [0.5, 0.6) is 0 Å². The zero-order valence-electron chi connectivity index (χ0n) is 17.1. The lowest BCUT2D eigenvalue weighted by Crippen LogP contribution is -2.53. The Bertz CT molecular complexity index is 980. The number of nitrogens with zero attached hydrogens (tertiary/aromatic N) is 2. The molecule has 0 atom stereocenters. The average molecular weight is 434 g/mol. The second kappa shape index (κ2) is 9.81. The van der Waals surface area contributed by atoms with Gasteiger partial charge in [0.05, 0.1) is 6.04 Å². The maximum absolute atomic E-state index is 13.1. The van der Waals surface area contributed by atoms with E-state index in [9.17, 15) is 9.18 Å². The molecule has 1 N–H and O–H groups in total. The molecular weight excluding hydrogens is 409 g/mol. The Kier molecular flexibility index (Phi) is 6.70. The van der Waals surface area contributed by atoms with Gasteiger partial charge in [-0.3, -0.25) is 15.0 Å². The SMILES string of the molecule is O=C(NC(=S)N1CCN(C(c2ccccc2)c2ccccc2)CC1)c1ccc(F)cc1. The molecule has 0 saturated carbocycles. The summed E-state index contributed by atoms with van der Waals surface area (Å²) in [4.78, 5) is 16.9. The summed E-state index contributed by atoms with van der Waals surface area (Å²) in [6.07, 6.45) is 0. The smallest absolute Gasteiger partial charge is 0.257 e. The maximum Gasteiger partial charge on any atom is 0.257 e. The molecule has 1 amide bonds. The monoisotopic (exact) mass is 433 g/mol. The van der Waals surface area contributed by atoms with Crippen molar-refractivity contribution in [1.29, 1.82) is 0 Å². The van der Waals surface area contributed by atoms with Gasteiger partial charge in [0.25, 0.3) is 5.91 Å². The lowest BCUT2D eigenvalue weighted by molar-refractivity contribution is 0.0967. The Labute approximate surface area is 187 Å². The number of halogens is 1. The molecule has 4 rings (SSSR count). The van der Waals surface area contributed by atoms with Crippen molar-refractivity contribution < 1.29 is 9.18 Å². The summed E-state index contributed by atoms with van der Waals surface area (Å²) < 4.78 is 13.1. The van der Waals surface area contributed by atoms with Crippen molar-refractivity contribution in [2.45, 2.75) is 6.04 Å². The van der Waals surface area contributed by atoms with Crippen molar-refractivity contribution >= 4 is 23.2 Å². The van der Waals surface area contributed by atoms with Crippen LogP contribution in [0.4, 0.5) is 4.39 Å². The van der Waals surface area contributed by atoms with Crippen LogP contribution in [0.25, 0.3) is 0 Å². The highest BCUT2D eigenvalue weighted by Gasteiger charge is 2.27.